The van der Waals surface area contributed by atoms with Crippen molar-refractivity contribution in [3.8, 4) is 0 Å². The number of hydrogen-bond acceptors (Lipinski definition) is 3. The Morgan fingerprint density at radius 3 is 2.28 bits per heavy atom. The molecule has 0 fully saturated rings. The van der Waals surface area contributed by atoms with Gasteiger partial charge in [0.1, 0.15) is 0 Å². The SMILES string of the molecule is COC(=O)c1cc(NC(=O)c2ccccc2C(F)(F)F)cc(C)c1C. The summed E-state index contributed by atoms with van der Waals surface area (Å²) >= 11 is 0. The molecule has 132 valence electrons. The van der Waals surface area contributed by atoms with Gasteiger partial charge in [0.15, 0.2) is 0 Å². The van der Waals surface area contributed by atoms with Crippen LogP contribution in [0.25, 0.3) is 0 Å². The van der Waals surface area contributed by atoms with Crippen LogP contribution in [-0.4, -0.2) is 19.0 Å². The van der Waals surface area contributed by atoms with E-state index in [0.717, 1.165) is 12.1 Å². The summed E-state index contributed by atoms with van der Waals surface area (Å²) in [5.41, 5.74) is 0.299. The Morgan fingerprint density at radius 2 is 1.68 bits per heavy atom. The number of carbonyl (C=O) groups excluding carboxylic acids is 2. The molecular weight excluding hydrogens is 335 g/mol. The summed E-state index contributed by atoms with van der Waals surface area (Å²) in [4.78, 5) is 24.1. The van der Waals surface area contributed by atoms with Gasteiger partial charge in [0, 0.05) is 5.69 Å². The fourth-order valence-corrected chi connectivity index (χ4v) is 2.38. The molecule has 0 aliphatic carbocycles. The molecule has 0 heterocycles. The molecule has 4 nitrogen and oxygen atoms in total. The zero-order valence-corrected chi connectivity index (χ0v) is 13.8. The molecule has 0 saturated carbocycles. The fraction of sp³-hybridized carbons (Fsp3) is 0.222. The maximum absolute atomic E-state index is 13.0. The molecule has 0 spiro atoms. The van der Waals surface area contributed by atoms with Crippen molar-refractivity contribution in [2.45, 2.75) is 20.0 Å². The summed E-state index contributed by atoms with van der Waals surface area (Å²) < 4.78 is 43.8. The highest BCUT2D eigenvalue weighted by molar-refractivity contribution is 6.06. The van der Waals surface area contributed by atoms with Crippen LogP contribution in [0.5, 0.6) is 0 Å². The average molecular weight is 351 g/mol. The number of benzene rings is 2. The van der Waals surface area contributed by atoms with Crippen molar-refractivity contribution >= 4 is 17.6 Å². The maximum atomic E-state index is 13.0. The number of esters is 1. The van der Waals surface area contributed by atoms with E-state index in [1.807, 2.05) is 0 Å². The first-order chi connectivity index (χ1) is 11.6. The van der Waals surface area contributed by atoms with Crippen molar-refractivity contribution in [3.63, 3.8) is 0 Å². The quantitative estimate of drug-likeness (QED) is 0.836. The second kappa shape index (κ2) is 6.96. The van der Waals surface area contributed by atoms with E-state index in [1.165, 1.54) is 25.3 Å². The van der Waals surface area contributed by atoms with Crippen LogP contribution in [0.15, 0.2) is 36.4 Å². The molecule has 0 aliphatic rings. The van der Waals surface area contributed by atoms with E-state index >= 15 is 0 Å². The van der Waals surface area contributed by atoms with Gasteiger partial charge >= 0.3 is 12.1 Å². The van der Waals surface area contributed by atoms with E-state index in [0.29, 0.717) is 11.1 Å². The van der Waals surface area contributed by atoms with Gasteiger partial charge in [-0.3, -0.25) is 4.79 Å². The molecule has 1 N–H and O–H groups in total. The van der Waals surface area contributed by atoms with Crippen LogP contribution in [0.1, 0.15) is 37.4 Å². The zero-order chi connectivity index (χ0) is 18.8. The molecule has 2 aromatic rings. The Balaban J connectivity index is 2.40. The first-order valence-electron chi connectivity index (χ1n) is 7.32. The minimum absolute atomic E-state index is 0.213. The number of methoxy groups -OCH3 is 1. The van der Waals surface area contributed by atoms with Gasteiger partial charge in [0.25, 0.3) is 5.91 Å². The van der Waals surface area contributed by atoms with Crippen LogP contribution >= 0.6 is 0 Å². The number of carbonyl (C=O) groups is 2. The van der Waals surface area contributed by atoms with Crippen LogP contribution in [0.3, 0.4) is 0 Å². The van der Waals surface area contributed by atoms with Crippen molar-refractivity contribution in [1.29, 1.82) is 0 Å². The lowest BCUT2D eigenvalue weighted by Crippen LogP contribution is -2.19. The van der Waals surface area contributed by atoms with Crippen molar-refractivity contribution < 1.29 is 27.5 Å². The maximum Gasteiger partial charge on any atom is 0.417 e. The molecular formula is C18H16F3NO3. The van der Waals surface area contributed by atoms with Gasteiger partial charge in [0.05, 0.1) is 23.8 Å². The van der Waals surface area contributed by atoms with Crippen LogP contribution < -0.4 is 5.32 Å². The lowest BCUT2D eigenvalue weighted by molar-refractivity contribution is -0.137. The third-order valence-corrected chi connectivity index (χ3v) is 3.81. The Hall–Kier alpha value is -2.83. The number of nitrogens with one attached hydrogen (secondary N) is 1. The normalized spacial score (nSPS) is 11.1. The number of anilines is 1. The Bertz CT molecular complexity index is 829. The van der Waals surface area contributed by atoms with Crippen LogP contribution in [0.2, 0.25) is 0 Å². The second-order valence-corrected chi connectivity index (χ2v) is 5.45. The summed E-state index contributed by atoms with van der Waals surface area (Å²) in [5.74, 6) is -1.50. The van der Waals surface area contributed by atoms with Crippen molar-refractivity contribution in [2.75, 3.05) is 12.4 Å². The van der Waals surface area contributed by atoms with Crippen LogP contribution in [0.4, 0.5) is 18.9 Å². The van der Waals surface area contributed by atoms with E-state index in [-0.39, 0.29) is 11.3 Å². The van der Waals surface area contributed by atoms with Crippen LogP contribution in [-0.2, 0) is 10.9 Å². The summed E-state index contributed by atoms with van der Waals surface area (Å²) in [7, 11) is 1.22. The third kappa shape index (κ3) is 3.99. The average Bonchev–Trinajstić information content (AvgIpc) is 2.56. The number of hydrogen-bond donors (Lipinski definition) is 1. The number of rotatable bonds is 3. The van der Waals surface area contributed by atoms with Gasteiger partial charge in [-0.15, -0.1) is 0 Å². The predicted molar refractivity (Wildman–Crippen MR) is 86.7 cm³/mol. The smallest absolute Gasteiger partial charge is 0.417 e. The first-order valence-corrected chi connectivity index (χ1v) is 7.32. The molecule has 1 amide bonds. The third-order valence-electron chi connectivity index (χ3n) is 3.81. The van der Waals surface area contributed by atoms with Crippen molar-refractivity contribution in [3.05, 3.63) is 64.2 Å². The Labute approximate surface area is 142 Å². The monoisotopic (exact) mass is 351 g/mol. The highest BCUT2D eigenvalue weighted by Crippen LogP contribution is 2.32. The van der Waals surface area contributed by atoms with Gasteiger partial charge in [-0.2, -0.15) is 13.2 Å². The minimum atomic E-state index is -4.64. The number of aryl methyl sites for hydroxylation is 1. The largest absolute Gasteiger partial charge is 0.465 e. The fourth-order valence-electron chi connectivity index (χ4n) is 2.38. The van der Waals surface area contributed by atoms with E-state index in [1.54, 1.807) is 19.9 Å². The van der Waals surface area contributed by atoms with Gasteiger partial charge in [0.2, 0.25) is 0 Å². The number of ether oxygens (including phenoxy) is 1. The molecule has 7 heteroatoms. The van der Waals surface area contributed by atoms with Crippen molar-refractivity contribution in [1.82, 2.24) is 0 Å². The summed E-state index contributed by atoms with van der Waals surface area (Å²) in [5, 5.41) is 2.41. The molecule has 0 saturated heterocycles. The van der Waals surface area contributed by atoms with Gasteiger partial charge in [-0.1, -0.05) is 12.1 Å². The van der Waals surface area contributed by atoms with Gasteiger partial charge < -0.3 is 10.1 Å². The van der Waals surface area contributed by atoms with Gasteiger partial charge in [-0.25, -0.2) is 4.79 Å². The van der Waals surface area contributed by atoms with E-state index in [4.69, 9.17) is 0 Å². The summed E-state index contributed by atoms with van der Waals surface area (Å²) in [6, 6.07) is 7.46. The number of amides is 1. The molecule has 0 radical (unpaired) electrons. The number of alkyl halides is 3. The summed E-state index contributed by atoms with van der Waals surface area (Å²) in [6.07, 6.45) is -4.64. The highest BCUT2D eigenvalue weighted by Gasteiger charge is 2.34. The molecule has 0 atom stereocenters. The van der Waals surface area contributed by atoms with Gasteiger partial charge in [-0.05, 0) is 49.2 Å². The highest BCUT2D eigenvalue weighted by atomic mass is 19.4. The number of halogens is 3. The zero-order valence-electron chi connectivity index (χ0n) is 13.8. The van der Waals surface area contributed by atoms with Crippen LogP contribution in [0, 0.1) is 13.8 Å². The minimum Gasteiger partial charge on any atom is -0.465 e. The first kappa shape index (κ1) is 18.5. The lowest BCUT2D eigenvalue weighted by atomic mass is 10.0. The lowest BCUT2D eigenvalue weighted by Gasteiger charge is -2.14. The molecule has 0 aromatic heterocycles. The van der Waals surface area contributed by atoms with Crippen molar-refractivity contribution in [2.24, 2.45) is 0 Å². The topological polar surface area (TPSA) is 55.4 Å². The summed E-state index contributed by atoms with van der Waals surface area (Å²) in [6.45, 7) is 3.44. The predicted octanol–water partition coefficient (Wildman–Crippen LogP) is 4.36. The Morgan fingerprint density at radius 1 is 1.04 bits per heavy atom. The molecule has 25 heavy (non-hydrogen) atoms. The standard InChI is InChI=1S/C18H16F3NO3/c1-10-8-12(9-14(11(10)2)17(24)25-3)22-16(23)13-6-4-5-7-15(13)18(19,20)21/h4-9H,1-3H3,(H,22,23). The van der Waals surface area contributed by atoms with E-state index < -0.39 is 29.2 Å². The Kier molecular flexibility index (Phi) is 5.15. The van der Waals surface area contributed by atoms with E-state index in [2.05, 4.69) is 10.1 Å². The molecule has 2 aromatic carbocycles. The van der Waals surface area contributed by atoms with E-state index in [9.17, 15) is 22.8 Å². The molecule has 0 unspecified atom stereocenters. The second-order valence-electron chi connectivity index (χ2n) is 5.45. The molecule has 2 rings (SSSR count). The molecule has 0 bridgehead atoms. The molecule has 0 aliphatic heterocycles.